The van der Waals surface area contributed by atoms with Crippen LogP contribution in [0.2, 0.25) is 0 Å². The summed E-state index contributed by atoms with van der Waals surface area (Å²) in [5, 5.41) is 0. The third-order valence-corrected chi connectivity index (χ3v) is 5.21. The molecule has 0 amide bonds. The van der Waals surface area contributed by atoms with Gasteiger partial charge in [0.25, 0.3) is 0 Å². The largest absolute Gasteiger partial charge is 0.436 e. The highest BCUT2D eigenvalue weighted by atomic mass is 32.2. The molecule has 0 bridgehead atoms. The Morgan fingerprint density at radius 3 is 2.68 bits per heavy atom. The number of benzene rings is 2. The molecule has 2 heterocycles. The first-order valence-electron chi connectivity index (χ1n) is 9.19. The molecule has 1 aliphatic heterocycles. The quantitative estimate of drug-likeness (QED) is 0.651. The molecular formula is C20H23N2O5S+. The molecule has 7 nitrogen and oxygen atoms in total. The van der Waals surface area contributed by atoms with E-state index in [9.17, 15) is 8.42 Å². The van der Waals surface area contributed by atoms with Crippen LogP contribution < -0.4 is 9.08 Å². The number of hydrogen-bond donors (Lipinski definition) is 1. The Kier molecular flexibility index (Phi) is 5.09. The van der Waals surface area contributed by atoms with Gasteiger partial charge in [0.15, 0.2) is 11.3 Å². The maximum Gasteiger partial charge on any atom is 0.306 e. The molecule has 0 saturated carbocycles. The third-order valence-electron chi connectivity index (χ3n) is 4.73. The van der Waals surface area contributed by atoms with E-state index in [0.717, 1.165) is 47.1 Å². The first-order valence-corrected chi connectivity index (χ1v) is 11.0. The molecular weight excluding hydrogens is 380 g/mol. The van der Waals surface area contributed by atoms with Crippen LogP contribution in [0.15, 0.2) is 40.8 Å². The maximum atomic E-state index is 11.7. The van der Waals surface area contributed by atoms with Crippen molar-refractivity contribution in [2.24, 2.45) is 0 Å². The summed E-state index contributed by atoms with van der Waals surface area (Å²) in [4.78, 5) is 5.90. The molecule has 0 radical (unpaired) electrons. The molecule has 1 N–H and O–H groups in total. The number of hydrogen-bond acceptors (Lipinski definition) is 6. The first kappa shape index (κ1) is 18.9. The second-order valence-corrected chi connectivity index (χ2v) is 8.71. The Hall–Kier alpha value is -2.42. The van der Waals surface area contributed by atoms with E-state index in [1.807, 2.05) is 31.2 Å². The highest BCUT2D eigenvalue weighted by molar-refractivity contribution is 7.86. The minimum atomic E-state index is -3.62. The molecule has 28 heavy (non-hydrogen) atoms. The Morgan fingerprint density at radius 1 is 1.14 bits per heavy atom. The number of rotatable bonds is 5. The summed E-state index contributed by atoms with van der Waals surface area (Å²) in [7, 11) is -3.62. The average Bonchev–Trinajstić information content (AvgIpc) is 3.06. The molecule has 4 rings (SSSR count). The highest BCUT2D eigenvalue weighted by Gasteiger charge is 2.20. The van der Waals surface area contributed by atoms with Gasteiger partial charge in [0.05, 0.1) is 25.0 Å². The fourth-order valence-corrected chi connectivity index (χ4v) is 3.85. The monoisotopic (exact) mass is 403 g/mol. The Balaban J connectivity index is 1.71. The van der Waals surface area contributed by atoms with Gasteiger partial charge in [-0.3, -0.25) is 0 Å². The van der Waals surface area contributed by atoms with Gasteiger partial charge in [-0.15, -0.1) is 0 Å². The lowest BCUT2D eigenvalue weighted by Crippen LogP contribution is -3.12. The molecule has 0 aliphatic carbocycles. The predicted molar refractivity (Wildman–Crippen MR) is 105 cm³/mol. The zero-order valence-electron chi connectivity index (χ0n) is 15.9. The molecule has 1 saturated heterocycles. The van der Waals surface area contributed by atoms with E-state index in [1.165, 1.54) is 4.90 Å². The predicted octanol–water partition coefficient (Wildman–Crippen LogP) is 1.56. The first-order chi connectivity index (χ1) is 13.4. The molecule has 3 aromatic rings. The topological polar surface area (TPSA) is 83.1 Å². The molecule has 1 aromatic heterocycles. The van der Waals surface area contributed by atoms with Crippen molar-refractivity contribution in [2.45, 2.75) is 13.5 Å². The number of nitrogens with one attached hydrogen (secondary N) is 1. The van der Waals surface area contributed by atoms with Crippen LogP contribution in [0.4, 0.5) is 0 Å². The zero-order valence-corrected chi connectivity index (χ0v) is 16.7. The molecule has 0 atom stereocenters. The van der Waals surface area contributed by atoms with Gasteiger partial charge in [0.1, 0.15) is 25.2 Å². The fourth-order valence-electron chi connectivity index (χ4n) is 3.36. The van der Waals surface area contributed by atoms with E-state index in [2.05, 4.69) is 4.98 Å². The Morgan fingerprint density at radius 2 is 1.93 bits per heavy atom. The zero-order chi connectivity index (χ0) is 19.7. The van der Waals surface area contributed by atoms with Crippen LogP contribution >= 0.6 is 0 Å². The molecule has 8 heteroatoms. The normalized spacial score (nSPS) is 15.8. The summed E-state index contributed by atoms with van der Waals surface area (Å²) in [5.74, 6) is 0.849. The van der Waals surface area contributed by atoms with Crippen molar-refractivity contribution in [1.29, 1.82) is 0 Å². The highest BCUT2D eigenvalue weighted by Crippen LogP contribution is 2.29. The standard InChI is InChI=1S/C20H22N2O5S/c1-14-3-5-19-17(11-14)21-20(26-19)15-4-6-18(27-28(2,23)24)16(12-15)13-22-7-9-25-10-8-22/h3-6,11-12H,7-10,13H2,1-2H3/p+1. The molecule has 0 spiro atoms. The molecule has 1 aliphatic rings. The number of ether oxygens (including phenoxy) is 1. The van der Waals surface area contributed by atoms with Crippen LogP contribution in [-0.2, 0) is 21.4 Å². The fraction of sp³-hybridized carbons (Fsp3) is 0.350. The minimum Gasteiger partial charge on any atom is -0.436 e. The smallest absolute Gasteiger partial charge is 0.306 e. The van der Waals surface area contributed by atoms with Gasteiger partial charge < -0.3 is 18.2 Å². The van der Waals surface area contributed by atoms with E-state index in [4.69, 9.17) is 13.3 Å². The van der Waals surface area contributed by atoms with E-state index < -0.39 is 10.1 Å². The van der Waals surface area contributed by atoms with Crippen molar-refractivity contribution in [1.82, 2.24) is 4.98 Å². The summed E-state index contributed by atoms with van der Waals surface area (Å²) < 4.78 is 39.9. The van der Waals surface area contributed by atoms with Gasteiger partial charge in [-0.2, -0.15) is 8.42 Å². The van der Waals surface area contributed by atoms with Crippen molar-refractivity contribution in [2.75, 3.05) is 32.6 Å². The Labute approximate surface area is 164 Å². The van der Waals surface area contributed by atoms with Crippen LogP contribution in [-0.4, -0.2) is 46.0 Å². The summed E-state index contributed by atoms with van der Waals surface area (Å²) in [6, 6.07) is 11.2. The minimum absolute atomic E-state index is 0.345. The summed E-state index contributed by atoms with van der Waals surface area (Å²) >= 11 is 0. The third kappa shape index (κ3) is 4.35. The van der Waals surface area contributed by atoms with Crippen LogP contribution in [0.25, 0.3) is 22.6 Å². The van der Waals surface area contributed by atoms with E-state index in [1.54, 1.807) is 12.1 Å². The van der Waals surface area contributed by atoms with E-state index in [0.29, 0.717) is 31.4 Å². The van der Waals surface area contributed by atoms with Crippen LogP contribution in [0.5, 0.6) is 5.75 Å². The van der Waals surface area contributed by atoms with Crippen LogP contribution in [0, 0.1) is 6.92 Å². The van der Waals surface area contributed by atoms with Crippen molar-refractivity contribution in [3.05, 3.63) is 47.5 Å². The average molecular weight is 403 g/mol. The van der Waals surface area contributed by atoms with Crippen molar-refractivity contribution < 1.29 is 26.7 Å². The van der Waals surface area contributed by atoms with Gasteiger partial charge >= 0.3 is 10.1 Å². The number of fused-ring (bicyclic) bond motifs is 1. The van der Waals surface area contributed by atoms with Crippen molar-refractivity contribution in [3.8, 4) is 17.2 Å². The second kappa shape index (κ2) is 7.54. The molecule has 148 valence electrons. The van der Waals surface area contributed by atoms with Crippen LogP contribution in [0.3, 0.4) is 0 Å². The number of aryl methyl sites for hydroxylation is 1. The van der Waals surface area contributed by atoms with Crippen LogP contribution in [0.1, 0.15) is 11.1 Å². The number of quaternary nitrogens is 1. The van der Waals surface area contributed by atoms with Gasteiger partial charge in [-0.1, -0.05) is 6.07 Å². The number of aromatic nitrogens is 1. The van der Waals surface area contributed by atoms with Gasteiger partial charge in [0, 0.05) is 5.56 Å². The maximum absolute atomic E-state index is 11.7. The summed E-state index contributed by atoms with van der Waals surface area (Å²) in [6.45, 7) is 5.77. The summed E-state index contributed by atoms with van der Waals surface area (Å²) in [5.41, 5.74) is 4.22. The van der Waals surface area contributed by atoms with Crippen molar-refractivity contribution >= 4 is 21.2 Å². The number of nitrogens with zero attached hydrogens (tertiary/aromatic N) is 1. The van der Waals surface area contributed by atoms with Crippen molar-refractivity contribution in [3.63, 3.8) is 0 Å². The van der Waals surface area contributed by atoms with Gasteiger partial charge in [-0.05, 0) is 42.8 Å². The number of morpholine rings is 1. The molecule has 2 aromatic carbocycles. The summed E-state index contributed by atoms with van der Waals surface area (Å²) in [6.07, 6.45) is 1.05. The Bertz CT molecular complexity index is 1100. The SMILES string of the molecule is Cc1ccc2oc(-c3ccc(OS(C)(=O)=O)c(C[NH+]4CCOCC4)c3)nc2c1. The van der Waals surface area contributed by atoms with Gasteiger partial charge in [-0.25, -0.2) is 4.98 Å². The lowest BCUT2D eigenvalue weighted by Gasteiger charge is -2.24. The second-order valence-electron chi connectivity index (χ2n) is 7.14. The number of oxazole rings is 1. The molecule has 0 unspecified atom stereocenters. The lowest BCUT2D eigenvalue weighted by atomic mass is 10.1. The van der Waals surface area contributed by atoms with Gasteiger partial charge in [0.2, 0.25) is 5.89 Å². The van der Waals surface area contributed by atoms with E-state index in [-0.39, 0.29) is 0 Å². The van der Waals surface area contributed by atoms with E-state index >= 15 is 0 Å². The lowest BCUT2D eigenvalue weighted by molar-refractivity contribution is -0.921. The molecule has 1 fully saturated rings.